The maximum absolute atomic E-state index is 12.5. The highest BCUT2D eigenvalue weighted by molar-refractivity contribution is 8.43. The van der Waals surface area contributed by atoms with E-state index < -0.39 is 11.9 Å². The van der Waals surface area contributed by atoms with E-state index in [1.54, 1.807) is 106 Å². The Balaban J connectivity index is 1.12. The summed E-state index contributed by atoms with van der Waals surface area (Å²) in [5, 5.41) is 0. The van der Waals surface area contributed by atoms with E-state index in [1.165, 1.54) is 68.4 Å². The molecule has 0 fully saturated rings. The highest BCUT2D eigenvalue weighted by Gasteiger charge is 2.37. The van der Waals surface area contributed by atoms with Gasteiger partial charge in [-0.1, -0.05) is 94.1 Å². The van der Waals surface area contributed by atoms with Crippen LogP contribution in [0.1, 0.15) is 18.1 Å². The fourth-order valence-electron chi connectivity index (χ4n) is 4.61. The minimum absolute atomic E-state index is 0.217. The molecular weight excluding hydrogens is 969 g/mol. The van der Waals surface area contributed by atoms with Crippen LogP contribution in [0, 0.1) is 13.1 Å². The Labute approximate surface area is 387 Å². The molecule has 0 unspecified atom stereocenters. The van der Waals surface area contributed by atoms with Gasteiger partial charge in [0.25, 0.3) is 5.88 Å². The van der Waals surface area contributed by atoms with Crippen molar-refractivity contribution in [1.29, 1.82) is 0 Å². The number of thioether (sulfide) groups is 12. The van der Waals surface area contributed by atoms with Gasteiger partial charge in [-0.25, -0.2) is 27.5 Å². The minimum atomic E-state index is -0.580. The van der Waals surface area contributed by atoms with Gasteiger partial charge in [0.05, 0.1) is 72.4 Å². The zero-order chi connectivity index (χ0) is 41.2. The van der Waals surface area contributed by atoms with E-state index in [4.69, 9.17) is 27.4 Å². The monoisotopic (exact) mass is 996 g/mol. The van der Waals surface area contributed by atoms with Gasteiger partial charge in [-0.3, -0.25) is 9.97 Å². The molecule has 0 radical (unpaired) electrons. The highest BCUT2D eigenvalue weighted by Crippen LogP contribution is 2.65. The third-order valence-electron chi connectivity index (χ3n) is 7.22. The quantitative estimate of drug-likeness (QED) is 0.0729. The molecule has 0 aromatic carbocycles. The number of rotatable bonds is 15. The van der Waals surface area contributed by atoms with Crippen molar-refractivity contribution >= 4 is 159 Å². The van der Waals surface area contributed by atoms with Crippen LogP contribution in [0.2, 0.25) is 0 Å². The minimum Gasteiger partial charge on any atom is -0.465 e. The van der Waals surface area contributed by atoms with Gasteiger partial charge in [-0.2, -0.15) is 0 Å². The Morgan fingerprint density at radius 2 is 1.03 bits per heavy atom. The predicted octanol–water partition coefficient (Wildman–Crippen LogP) is 12.3. The topological polar surface area (TPSA) is 113 Å². The second kappa shape index (κ2) is 22.4. The van der Waals surface area contributed by atoms with Gasteiger partial charge in [0.15, 0.2) is 0 Å². The molecule has 2 aromatic rings. The molecule has 0 bridgehead atoms. The van der Waals surface area contributed by atoms with Crippen LogP contribution in [0.3, 0.4) is 0 Å². The molecule has 0 aliphatic carbocycles. The third kappa shape index (κ3) is 11.6. The van der Waals surface area contributed by atoms with Gasteiger partial charge in [-0.15, -0.1) is 35.3 Å². The van der Waals surface area contributed by atoms with E-state index in [0.29, 0.717) is 34.6 Å². The second-order valence-corrected chi connectivity index (χ2v) is 25.4. The highest BCUT2D eigenvalue weighted by atomic mass is 32.3. The average molecular weight is 997 g/mol. The summed E-state index contributed by atoms with van der Waals surface area (Å²) in [4.78, 5) is 55.7. The van der Waals surface area contributed by atoms with Crippen molar-refractivity contribution in [3.8, 4) is 11.4 Å². The number of esters is 3. The fraction of sp³-hybridized carbons (Fsp3) is 0.250. The Hall–Kier alpha value is -1.67. The summed E-state index contributed by atoms with van der Waals surface area (Å²) in [6.07, 6.45) is 3.60. The van der Waals surface area contributed by atoms with Crippen LogP contribution < -0.4 is 0 Å². The van der Waals surface area contributed by atoms with Crippen LogP contribution in [0.15, 0.2) is 90.2 Å². The van der Waals surface area contributed by atoms with Gasteiger partial charge in [0.1, 0.15) is 14.7 Å². The molecule has 4 aliphatic heterocycles. The number of hydrogen-bond donors (Lipinski definition) is 0. The first-order valence-electron chi connectivity index (χ1n) is 16.3. The lowest BCUT2D eigenvalue weighted by Crippen LogP contribution is -2.08. The van der Waals surface area contributed by atoms with Crippen molar-refractivity contribution in [3.63, 3.8) is 0 Å². The number of carbonyl (C=O) groups excluding carboxylic acids is 3. The van der Waals surface area contributed by atoms with E-state index in [9.17, 15) is 14.4 Å². The molecule has 0 atom stereocenters. The van der Waals surface area contributed by atoms with Crippen molar-refractivity contribution in [1.82, 2.24) is 9.97 Å². The molecule has 0 N–H and O–H groups in total. The Morgan fingerprint density at radius 3 is 1.52 bits per heavy atom. The Kier molecular flexibility index (Phi) is 17.7. The Morgan fingerprint density at radius 1 is 0.603 bits per heavy atom. The fourth-order valence-corrected chi connectivity index (χ4v) is 21.3. The zero-order valence-electron chi connectivity index (χ0n) is 30.6. The van der Waals surface area contributed by atoms with Crippen LogP contribution in [-0.4, -0.2) is 67.4 Å². The zero-order valence-corrected chi connectivity index (χ0v) is 40.4. The summed E-state index contributed by atoms with van der Waals surface area (Å²) in [6.45, 7) is 16.9. The van der Waals surface area contributed by atoms with Crippen molar-refractivity contribution in [2.75, 3.05) is 39.5 Å². The van der Waals surface area contributed by atoms with E-state index in [0.717, 1.165) is 61.3 Å². The van der Waals surface area contributed by atoms with E-state index in [2.05, 4.69) is 31.8 Å². The average Bonchev–Trinajstić information content (AvgIpc) is 4.06. The summed E-state index contributed by atoms with van der Waals surface area (Å²) in [7, 11) is 3.97. The van der Waals surface area contributed by atoms with Crippen molar-refractivity contribution in [3.05, 3.63) is 124 Å². The van der Waals surface area contributed by atoms with Gasteiger partial charge < -0.3 is 23.9 Å². The normalized spacial score (nSPS) is 18.0. The molecule has 58 heavy (non-hydrogen) atoms. The number of nitrogens with zero attached hydrogens (tertiary/aromatic N) is 4. The number of aromatic nitrogens is 2. The van der Waals surface area contributed by atoms with Crippen LogP contribution in [0.5, 0.6) is 0 Å². The molecule has 0 saturated carbocycles. The number of carbonyl (C=O) groups is 3. The lowest BCUT2D eigenvalue weighted by molar-refractivity contribution is -0.138. The van der Waals surface area contributed by atoms with Gasteiger partial charge in [0, 0.05) is 28.8 Å². The first-order chi connectivity index (χ1) is 28.2. The van der Waals surface area contributed by atoms with Crippen molar-refractivity contribution < 1.29 is 28.6 Å². The summed E-state index contributed by atoms with van der Waals surface area (Å²) >= 11 is 18.6. The lowest BCUT2D eigenvalue weighted by atomic mass is 10.1. The van der Waals surface area contributed by atoms with Gasteiger partial charge in [0.2, 0.25) is 6.54 Å². The molecule has 0 amide bonds. The third-order valence-corrected chi connectivity index (χ3v) is 24.4. The molecule has 6 heterocycles. The number of pyridine rings is 2. The molecule has 2 aromatic heterocycles. The molecule has 4 aliphatic rings. The summed E-state index contributed by atoms with van der Waals surface area (Å²) in [5.41, 5.74) is 3.70. The van der Waals surface area contributed by atoms with Crippen molar-refractivity contribution in [2.24, 2.45) is 0 Å². The van der Waals surface area contributed by atoms with Crippen LogP contribution in [0.4, 0.5) is 0 Å². The lowest BCUT2D eigenvalue weighted by Gasteiger charge is -2.08. The molecular formula is C36H28N4O6S12. The molecule has 6 rings (SSSR count). The standard InChI is InChI=1S/C36H28N4O6S12/c1-18-23(26(41)44-4)52-33(51-18)35-57-31(32(58-35)50-17-38-3)49-16-20-8-10-40-22(14-20)21-13-19(7-9-39-21)15-48-30-29(47-12-11-37-2)55-36(56-30)34-53-24(27(42)45-5)25(54-34)28(43)46-6/h7-10,13-14H,11-12,15-17H2,1,4-6H3/b35-33+. The van der Waals surface area contributed by atoms with Crippen LogP contribution >= 0.6 is 141 Å². The Bertz CT molecular complexity index is 2280. The van der Waals surface area contributed by atoms with Gasteiger partial charge >= 0.3 is 17.9 Å². The van der Waals surface area contributed by atoms with Crippen molar-refractivity contribution in [2.45, 2.75) is 18.4 Å². The molecule has 10 nitrogen and oxygen atoms in total. The van der Waals surface area contributed by atoms with Crippen LogP contribution in [0.25, 0.3) is 21.1 Å². The largest absolute Gasteiger partial charge is 0.465 e. The number of allylic oxidation sites excluding steroid dienone is 1. The summed E-state index contributed by atoms with van der Waals surface area (Å²) in [6, 6.07) is 8.12. The van der Waals surface area contributed by atoms with E-state index in [-0.39, 0.29) is 15.8 Å². The first kappa shape index (κ1) is 45.8. The smallest absolute Gasteiger partial charge is 0.346 e. The predicted molar refractivity (Wildman–Crippen MR) is 258 cm³/mol. The summed E-state index contributed by atoms with van der Waals surface area (Å²) in [5.74, 6) is 0.874. The second-order valence-electron chi connectivity index (χ2n) is 11.0. The SMILES string of the molecule is [C-]#[N+]CCSC1=C(SCc2ccnc(-c3cc(CSC4=C(SC[N+]#[C-])S/C(=C5\SC(C)=C(C(=O)OC)S5)S4)ccn3)c2)SC(=C2SC(C(=O)OC)=C(C(=O)OC)S2)S1. The van der Waals surface area contributed by atoms with Gasteiger partial charge in [-0.05, 0) is 54.1 Å². The number of methoxy groups -OCH3 is 3. The maximum Gasteiger partial charge on any atom is 0.346 e. The first-order valence-corrected chi connectivity index (χ1v) is 26.8. The molecule has 300 valence electrons. The van der Waals surface area contributed by atoms with E-state index in [1.807, 2.05) is 19.1 Å². The van der Waals surface area contributed by atoms with Crippen LogP contribution in [-0.2, 0) is 40.1 Å². The number of ether oxygens (including phenoxy) is 3. The number of hydrogen-bond acceptors (Lipinski definition) is 20. The molecule has 0 saturated heterocycles. The maximum atomic E-state index is 12.5. The summed E-state index contributed by atoms with van der Waals surface area (Å²) < 4.78 is 23.2. The molecule has 0 spiro atoms. The molecule has 22 heteroatoms. The van der Waals surface area contributed by atoms with E-state index >= 15 is 0 Å².